The maximum Gasteiger partial charge on any atom is 0.117 e. The summed E-state index contributed by atoms with van der Waals surface area (Å²) in [5.41, 5.74) is 6.97. The molecule has 0 unspecified atom stereocenters. The van der Waals surface area contributed by atoms with E-state index in [1.54, 1.807) is 30.3 Å². The number of benzene rings is 2. The lowest BCUT2D eigenvalue weighted by Gasteiger charge is -1.90. The molecule has 0 aromatic heterocycles. The van der Waals surface area contributed by atoms with E-state index in [1.165, 1.54) is 6.07 Å². The van der Waals surface area contributed by atoms with Gasteiger partial charge in [-0.25, -0.2) is 0 Å². The smallest absolute Gasteiger partial charge is 0.117 e. The SMILES string of the molecule is C=O.Cc1cccc(O)c1.Nc1cccc(O)c1. The Hall–Kier alpha value is -2.49. The van der Waals surface area contributed by atoms with Crippen molar-refractivity contribution in [3.05, 3.63) is 54.1 Å². The molecule has 0 heterocycles. The summed E-state index contributed by atoms with van der Waals surface area (Å²) < 4.78 is 0. The highest BCUT2D eigenvalue weighted by molar-refractivity contribution is 5.42. The van der Waals surface area contributed by atoms with E-state index in [4.69, 9.17) is 20.7 Å². The Morgan fingerprint density at radius 3 is 1.72 bits per heavy atom. The van der Waals surface area contributed by atoms with Crippen molar-refractivity contribution in [2.45, 2.75) is 6.92 Å². The van der Waals surface area contributed by atoms with Gasteiger partial charge in [-0.1, -0.05) is 18.2 Å². The summed E-state index contributed by atoms with van der Waals surface area (Å²) in [6.45, 7) is 3.94. The number of aromatic hydroxyl groups is 2. The van der Waals surface area contributed by atoms with Crippen LogP contribution in [-0.2, 0) is 4.79 Å². The normalized spacial score (nSPS) is 8.28. The lowest BCUT2D eigenvalue weighted by atomic mass is 10.2. The Balaban J connectivity index is 0.000000283. The molecule has 0 bridgehead atoms. The third-order valence-electron chi connectivity index (χ3n) is 1.87. The summed E-state index contributed by atoms with van der Waals surface area (Å²) in [7, 11) is 0. The molecule has 2 aromatic rings. The van der Waals surface area contributed by atoms with Crippen LogP contribution in [0.4, 0.5) is 5.69 Å². The number of carbonyl (C=O) groups excluding carboxylic acids is 1. The largest absolute Gasteiger partial charge is 0.508 e. The van der Waals surface area contributed by atoms with Crippen LogP contribution in [0.3, 0.4) is 0 Å². The molecule has 0 radical (unpaired) electrons. The number of phenolic OH excluding ortho intramolecular Hbond substituents is 2. The van der Waals surface area contributed by atoms with Gasteiger partial charge in [0.1, 0.15) is 18.3 Å². The van der Waals surface area contributed by atoms with Crippen LogP contribution < -0.4 is 5.73 Å². The van der Waals surface area contributed by atoms with Crippen molar-refractivity contribution in [1.29, 1.82) is 0 Å². The molecule has 0 aliphatic carbocycles. The topological polar surface area (TPSA) is 83.5 Å². The highest BCUT2D eigenvalue weighted by atomic mass is 16.3. The van der Waals surface area contributed by atoms with Gasteiger partial charge in [0, 0.05) is 11.8 Å². The first-order valence-electron chi connectivity index (χ1n) is 5.17. The fraction of sp³-hybridized carbons (Fsp3) is 0.0714. The van der Waals surface area contributed by atoms with Gasteiger partial charge >= 0.3 is 0 Å². The highest BCUT2D eigenvalue weighted by Gasteiger charge is 1.84. The number of anilines is 1. The summed E-state index contributed by atoms with van der Waals surface area (Å²) in [6, 6.07) is 13.7. The molecule has 0 fully saturated rings. The fourth-order valence-corrected chi connectivity index (χ4v) is 1.15. The van der Waals surface area contributed by atoms with Gasteiger partial charge in [0.2, 0.25) is 0 Å². The van der Waals surface area contributed by atoms with E-state index in [9.17, 15) is 0 Å². The Morgan fingerprint density at radius 2 is 1.44 bits per heavy atom. The van der Waals surface area contributed by atoms with Crippen LogP contribution in [0.5, 0.6) is 11.5 Å². The van der Waals surface area contributed by atoms with Gasteiger partial charge < -0.3 is 20.7 Å². The molecule has 4 N–H and O–H groups in total. The van der Waals surface area contributed by atoms with Gasteiger partial charge in [0.25, 0.3) is 0 Å². The number of hydrogen-bond donors (Lipinski definition) is 3. The van der Waals surface area contributed by atoms with Crippen LogP contribution in [-0.4, -0.2) is 17.0 Å². The van der Waals surface area contributed by atoms with Crippen LogP contribution >= 0.6 is 0 Å². The predicted molar refractivity (Wildman–Crippen MR) is 72.5 cm³/mol. The van der Waals surface area contributed by atoms with Crippen LogP contribution in [0, 0.1) is 6.92 Å². The number of aryl methyl sites for hydroxylation is 1. The van der Waals surface area contributed by atoms with E-state index in [2.05, 4.69) is 0 Å². The first-order chi connectivity index (χ1) is 8.58. The molecule has 0 amide bonds. The zero-order valence-corrected chi connectivity index (χ0v) is 10.2. The van der Waals surface area contributed by atoms with Gasteiger partial charge in [-0.05, 0) is 36.8 Å². The highest BCUT2D eigenvalue weighted by Crippen LogP contribution is 2.11. The monoisotopic (exact) mass is 247 g/mol. The zero-order chi connectivity index (χ0) is 14.0. The quantitative estimate of drug-likeness (QED) is 0.624. The summed E-state index contributed by atoms with van der Waals surface area (Å²) >= 11 is 0. The van der Waals surface area contributed by atoms with E-state index in [0.29, 0.717) is 11.4 Å². The van der Waals surface area contributed by atoms with Crippen LogP contribution in [0.15, 0.2) is 48.5 Å². The minimum absolute atomic E-state index is 0.213. The first kappa shape index (κ1) is 15.5. The Labute approximate surface area is 106 Å². The molecule has 0 aliphatic rings. The lowest BCUT2D eigenvalue weighted by molar-refractivity contribution is -0.0979. The second kappa shape index (κ2) is 8.64. The summed E-state index contributed by atoms with van der Waals surface area (Å²) in [5.74, 6) is 0.551. The van der Waals surface area contributed by atoms with Crippen LogP contribution in [0.1, 0.15) is 5.56 Å². The minimum Gasteiger partial charge on any atom is -0.508 e. The van der Waals surface area contributed by atoms with Crippen molar-refractivity contribution in [2.75, 3.05) is 5.73 Å². The molecule has 96 valence electrons. The summed E-state index contributed by atoms with van der Waals surface area (Å²) in [4.78, 5) is 8.00. The average molecular weight is 247 g/mol. The third-order valence-corrected chi connectivity index (χ3v) is 1.87. The van der Waals surface area contributed by atoms with Crippen molar-refractivity contribution in [3.63, 3.8) is 0 Å². The number of hydrogen-bond acceptors (Lipinski definition) is 4. The molecule has 0 saturated carbocycles. The molecule has 0 atom stereocenters. The molecule has 18 heavy (non-hydrogen) atoms. The lowest BCUT2D eigenvalue weighted by Crippen LogP contribution is -1.80. The van der Waals surface area contributed by atoms with Crippen molar-refractivity contribution < 1.29 is 15.0 Å². The predicted octanol–water partition coefficient (Wildman–Crippen LogP) is 2.49. The zero-order valence-electron chi connectivity index (χ0n) is 10.2. The van der Waals surface area contributed by atoms with Crippen molar-refractivity contribution >= 4 is 12.5 Å². The first-order valence-corrected chi connectivity index (χ1v) is 5.17. The molecule has 2 rings (SSSR count). The number of carbonyl (C=O) groups is 1. The van der Waals surface area contributed by atoms with E-state index >= 15 is 0 Å². The maximum absolute atomic E-state index is 8.81. The molecular formula is C14H17NO3. The van der Waals surface area contributed by atoms with Crippen molar-refractivity contribution in [1.82, 2.24) is 0 Å². The molecular weight excluding hydrogens is 230 g/mol. The van der Waals surface area contributed by atoms with Gasteiger partial charge in [-0.15, -0.1) is 0 Å². The van der Waals surface area contributed by atoms with E-state index in [0.717, 1.165) is 5.56 Å². The van der Waals surface area contributed by atoms with E-state index in [-0.39, 0.29) is 5.75 Å². The number of phenols is 2. The third kappa shape index (κ3) is 6.90. The molecule has 0 saturated heterocycles. The van der Waals surface area contributed by atoms with Crippen molar-refractivity contribution in [3.8, 4) is 11.5 Å². The van der Waals surface area contributed by atoms with Crippen molar-refractivity contribution in [2.24, 2.45) is 0 Å². The average Bonchev–Trinajstić information content (AvgIpc) is 2.31. The van der Waals surface area contributed by atoms with E-state index in [1.807, 2.05) is 25.8 Å². The van der Waals surface area contributed by atoms with Crippen LogP contribution in [0.2, 0.25) is 0 Å². The molecule has 4 nitrogen and oxygen atoms in total. The van der Waals surface area contributed by atoms with Gasteiger partial charge in [-0.3, -0.25) is 0 Å². The minimum atomic E-state index is 0.213. The Kier molecular flexibility index (Phi) is 7.44. The standard InChI is InChI=1S/C7H8O.C6H7NO.CH2O/c1-6-3-2-4-7(8)5-6;7-5-2-1-3-6(8)4-5;1-2/h2-5,8H,1H3;1-4,8H,7H2;1H2. The number of rotatable bonds is 0. The van der Waals surface area contributed by atoms with Crippen LogP contribution in [0.25, 0.3) is 0 Å². The molecule has 0 aliphatic heterocycles. The second-order valence-corrected chi connectivity index (χ2v) is 3.43. The van der Waals surface area contributed by atoms with Gasteiger partial charge in [0.05, 0.1) is 0 Å². The fourth-order valence-electron chi connectivity index (χ4n) is 1.15. The Morgan fingerprint density at radius 1 is 0.944 bits per heavy atom. The maximum atomic E-state index is 8.81. The van der Waals surface area contributed by atoms with Gasteiger partial charge in [-0.2, -0.15) is 0 Å². The molecule has 0 spiro atoms. The van der Waals surface area contributed by atoms with E-state index < -0.39 is 0 Å². The number of nitrogen functional groups attached to an aromatic ring is 1. The molecule has 4 heteroatoms. The Bertz CT molecular complexity index is 394. The van der Waals surface area contributed by atoms with Gasteiger partial charge in [0.15, 0.2) is 0 Å². The summed E-state index contributed by atoms with van der Waals surface area (Å²) in [5, 5.41) is 17.5. The second-order valence-electron chi connectivity index (χ2n) is 3.43. The summed E-state index contributed by atoms with van der Waals surface area (Å²) in [6.07, 6.45) is 0. The molecule has 2 aromatic carbocycles. The number of nitrogens with two attached hydrogens (primary N) is 1.